The number of nitro groups is 2. The van der Waals surface area contributed by atoms with E-state index < -0.39 is 44.7 Å². The standard InChI is InChI=1S/C28H28N4O10S2/c1-2-21(33)22-24(34)30-23(25(35)36)26(44-28(22,30)13-16-3-7-18(8-4-16)31(38)39)43-20-11-12-29(14-20)27(37)42-15-17-5-9-19(10-6-17)32(40)41/h3-10,20-22,33H,2,11-15H2,1H3,(H,35,36)/t20?,21-,22+,28+/m0/s1. The van der Waals surface area contributed by atoms with Crippen LogP contribution in [0, 0.1) is 26.1 Å². The Kier molecular flexibility index (Phi) is 8.85. The lowest BCUT2D eigenvalue weighted by atomic mass is 9.77. The third kappa shape index (κ3) is 5.84. The van der Waals surface area contributed by atoms with Crippen LogP contribution in [0.25, 0.3) is 0 Å². The predicted octanol–water partition coefficient (Wildman–Crippen LogP) is 4.12. The average molecular weight is 645 g/mol. The molecule has 16 heteroatoms. The van der Waals surface area contributed by atoms with E-state index in [1.165, 1.54) is 69.7 Å². The summed E-state index contributed by atoms with van der Waals surface area (Å²) in [6.07, 6.45) is -0.611. The van der Waals surface area contributed by atoms with Gasteiger partial charge in [-0.25, -0.2) is 9.59 Å². The summed E-state index contributed by atoms with van der Waals surface area (Å²) in [5.41, 5.74) is 0.882. The molecule has 2 aromatic carbocycles. The molecule has 2 saturated heterocycles. The van der Waals surface area contributed by atoms with Gasteiger partial charge in [-0.3, -0.25) is 29.9 Å². The number of thioether (sulfide) groups is 2. The topological polar surface area (TPSA) is 194 Å². The summed E-state index contributed by atoms with van der Waals surface area (Å²) in [4.78, 5) is 61.1. The first-order chi connectivity index (χ1) is 20.9. The second-order valence-electron chi connectivity index (χ2n) is 10.6. The number of fused-ring (bicyclic) bond motifs is 1. The van der Waals surface area contributed by atoms with E-state index in [2.05, 4.69) is 0 Å². The van der Waals surface area contributed by atoms with Crippen molar-refractivity contribution in [3.8, 4) is 0 Å². The fourth-order valence-corrected chi connectivity index (χ4v) is 9.21. The molecule has 5 rings (SSSR count). The highest BCUT2D eigenvalue weighted by Gasteiger charge is 2.68. The van der Waals surface area contributed by atoms with Crippen LogP contribution in [0.15, 0.2) is 58.5 Å². The number of ether oxygens (including phenoxy) is 1. The van der Waals surface area contributed by atoms with Crippen molar-refractivity contribution in [2.75, 3.05) is 13.1 Å². The Labute approximate surface area is 259 Å². The second kappa shape index (κ2) is 12.5. The first kappa shape index (κ1) is 31.3. The lowest BCUT2D eigenvalue weighted by Gasteiger charge is -2.54. The average Bonchev–Trinajstić information content (AvgIpc) is 3.57. The van der Waals surface area contributed by atoms with Gasteiger partial charge in [-0.15, -0.1) is 11.8 Å². The zero-order valence-electron chi connectivity index (χ0n) is 23.4. The molecule has 0 spiro atoms. The normalized spacial score (nSPS) is 23.3. The van der Waals surface area contributed by atoms with Crippen LogP contribution in [0.1, 0.15) is 30.9 Å². The lowest BCUT2D eigenvalue weighted by Crippen LogP contribution is -2.71. The van der Waals surface area contributed by atoms with Crippen LogP contribution in [0.5, 0.6) is 0 Å². The van der Waals surface area contributed by atoms with Crippen LogP contribution in [0.3, 0.4) is 0 Å². The number of aliphatic carboxylic acids is 1. The Balaban J connectivity index is 1.29. The molecule has 1 unspecified atom stereocenters. The smallest absolute Gasteiger partial charge is 0.410 e. The molecule has 3 aliphatic rings. The number of carboxylic acid groups (broad SMARTS) is 1. The Morgan fingerprint density at radius 1 is 1.09 bits per heavy atom. The molecule has 14 nitrogen and oxygen atoms in total. The van der Waals surface area contributed by atoms with Crippen LogP contribution in [0.2, 0.25) is 0 Å². The molecular formula is C28H28N4O10S2. The van der Waals surface area contributed by atoms with Gasteiger partial charge in [0, 0.05) is 49.0 Å². The Hall–Kier alpha value is -4.15. The number of rotatable bonds is 11. The summed E-state index contributed by atoms with van der Waals surface area (Å²) in [6.45, 7) is 2.30. The summed E-state index contributed by atoms with van der Waals surface area (Å²) in [5.74, 6) is -2.67. The van der Waals surface area contributed by atoms with E-state index in [4.69, 9.17) is 4.74 Å². The number of nitro benzene ring substituents is 2. The third-order valence-corrected chi connectivity index (χ3v) is 10.8. The van der Waals surface area contributed by atoms with Gasteiger partial charge in [0.2, 0.25) is 5.91 Å². The monoisotopic (exact) mass is 644 g/mol. The summed E-state index contributed by atoms with van der Waals surface area (Å²) < 4.78 is 5.77. The molecule has 0 saturated carbocycles. The van der Waals surface area contributed by atoms with Crippen molar-refractivity contribution in [3.05, 3.63) is 89.8 Å². The highest BCUT2D eigenvalue weighted by Crippen LogP contribution is 2.63. The largest absolute Gasteiger partial charge is 0.477 e. The third-order valence-electron chi connectivity index (χ3n) is 7.83. The number of hydrogen-bond donors (Lipinski definition) is 2. The number of likely N-dealkylation sites (tertiary alicyclic amines) is 1. The summed E-state index contributed by atoms with van der Waals surface area (Å²) in [5, 5.41) is 42.7. The van der Waals surface area contributed by atoms with Crippen molar-refractivity contribution in [1.29, 1.82) is 0 Å². The van der Waals surface area contributed by atoms with Gasteiger partial charge in [0.05, 0.1) is 26.1 Å². The van der Waals surface area contributed by atoms with Gasteiger partial charge < -0.3 is 19.8 Å². The number of β-lactam (4-membered cyclic amide) rings is 1. The van der Waals surface area contributed by atoms with Crippen LogP contribution in [-0.4, -0.2) is 77.1 Å². The maximum Gasteiger partial charge on any atom is 0.410 e. The number of benzene rings is 2. The van der Waals surface area contributed by atoms with E-state index in [1.54, 1.807) is 19.1 Å². The molecule has 2 N–H and O–H groups in total. The van der Waals surface area contributed by atoms with Gasteiger partial charge in [0.1, 0.15) is 11.5 Å². The number of carboxylic acids is 1. The number of amides is 2. The van der Waals surface area contributed by atoms with E-state index in [0.717, 1.165) is 0 Å². The Morgan fingerprint density at radius 2 is 1.68 bits per heavy atom. The molecule has 44 heavy (non-hydrogen) atoms. The van der Waals surface area contributed by atoms with Gasteiger partial charge in [-0.1, -0.05) is 30.8 Å². The van der Waals surface area contributed by atoms with Crippen molar-refractivity contribution in [2.45, 2.75) is 49.0 Å². The fraction of sp³-hybridized carbons (Fsp3) is 0.393. The van der Waals surface area contributed by atoms with E-state index in [0.29, 0.717) is 28.3 Å². The number of hydrogen-bond acceptors (Lipinski definition) is 11. The molecule has 3 heterocycles. The summed E-state index contributed by atoms with van der Waals surface area (Å²) in [7, 11) is 0. The van der Waals surface area contributed by atoms with Gasteiger partial charge >= 0.3 is 12.1 Å². The van der Waals surface area contributed by atoms with Gasteiger partial charge in [-0.05, 0) is 36.1 Å². The number of carbonyl (C=O) groups is 3. The van der Waals surface area contributed by atoms with Gasteiger partial charge in [0.25, 0.3) is 11.4 Å². The fourth-order valence-electron chi connectivity index (χ4n) is 5.61. The molecule has 0 bridgehead atoms. The molecule has 2 amide bonds. The first-order valence-electron chi connectivity index (χ1n) is 13.7. The van der Waals surface area contributed by atoms with Crippen LogP contribution >= 0.6 is 23.5 Å². The molecular weight excluding hydrogens is 616 g/mol. The molecule has 0 radical (unpaired) electrons. The van der Waals surface area contributed by atoms with Gasteiger partial charge in [-0.2, -0.15) is 0 Å². The summed E-state index contributed by atoms with van der Waals surface area (Å²) >= 11 is 2.46. The molecule has 0 aliphatic carbocycles. The molecule has 232 valence electrons. The first-order valence-corrected chi connectivity index (χ1v) is 15.4. The van der Waals surface area contributed by atoms with E-state index in [-0.39, 0.29) is 48.3 Å². The van der Waals surface area contributed by atoms with Crippen molar-refractivity contribution in [2.24, 2.45) is 5.92 Å². The van der Waals surface area contributed by atoms with Crippen LogP contribution in [0.4, 0.5) is 16.2 Å². The lowest BCUT2D eigenvalue weighted by molar-refractivity contribution is -0.385. The second-order valence-corrected chi connectivity index (χ2v) is 13.5. The van der Waals surface area contributed by atoms with Crippen LogP contribution < -0.4 is 0 Å². The molecule has 4 atom stereocenters. The number of non-ortho nitro benzene ring substituents is 2. The number of aliphatic hydroxyl groups is 1. The zero-order chi connectivity index (χ0) is 31.8. The highest BCUT2D eigenvalue weighted by atomic mass is 32.2. The Bertz CT molecular complexity index is 1530. The van der Waals surface area contributed by atoms with Crippen LogP contribution in [-0.2, 0) is 27.4 Å². The van der Waals surface area contributed by atoms with E-state index in [9.17, 15) is 44.8 Å². The van der Waals surface area contributed by atoms with Crippen molar-refractivity contribution >= 4 is 52.9 Å². The molecule has 2 aromatic rings. The number of carbonyl (C=O) groups excluding carboxylic acids is 2. The molecule has 3 aliphatic heterocycles. The Morgan fingerprint density at radius 3 is 2.23 bits per heavy atom. The van der Waals surface area contributed by atoms with Crippen molar-refractivity contribution in [3.63, 3.8) is 0 Å². The maximum atomic E-state index is 13.3. The molecule has 0 aromatic heterocycles. The number of nitrogens with zero attached hydrogens (tertiary/aromatic N) is 4. The SMILES string of the molecule is CC[C@H](O)[C@@H]1C(=O)N2C(C(=O)O)=C(SC3CCN(C(=O)OCc4ccc([N+](=O)[O-])cc4)C3)S[C@]12Cc1ccc([N+](=O)[O-])cc1. The van der Waals surface area contributed by atoms with E-state index >= 15 is 0 Å². The van der Waals surface area contributed by atoms with Crippen molar-refractivity contribution < 1.29 is 39.2 Å². The van der Waals surface area contributed by atoms with Gasteiger partial charge in [0.15, 0.2) is 5.70 Å². The molecule has 2 fully saturated rings. The predicted molar refractivity (Wildman–Crippen MR) is 159 cm³/mol. The van der Waals surface area contributed by atoms with E-state index in [1.807, 2.05) is 0 Å². The minimum atomic E-state index is -1.29. The zero-order valence-corrected chi connectivity index (χ0v) is 25.0. The highest BCUT2D eigenvalue weighted by molar-refractivity contribution is 8.23. The minimum Gasteiger partial charge on any atom is -0.477 e. The minimum absolute atomic E-state index is 0.0708. The number of aliphatic hydroxyl groups excluding tert-OH is 1. The van der Waals surface area contributed by atoms with Crippen molar-refractivity contribution in [1.82, 2.24) is 9.80 Å². The quantitative estimate of drug-likeness (QED) is 0.202. The summed E-state index contributed by atoms with van der Waals surface area (Å²) in [6, 6.07) is 11.5. The maximum absolute atomic E-state index is 13.3.